The summed E-state index contributed by atoms with van der Waals surface area (Å²) in [5, 5.41) is 0. The first-order valence-electron chi connectivity index (χ1n) is 6.27. The van der Waals surface area contributed by atoms with E-state index in [2.05, 4.69) is 69.6 Å². The van der Waals surface area contributed by atoms with Crippen LogP contribution in [0.25, 0.3) is 0 Å². The highest BCUT2D eigenvalue weighted by Gasteiger charge is 1.97. The molecule has 0 unspecified atom stereocenters. The first-order chi connectivity index (χ1) is 8.31. The smallest absolute Gasteiger partial charge is 0.203 e. The molecule has 4 nitrogen and oxygen atoms in total. The zero-order valence-electron chi connectivity index (χ0n) is 10.6. The first kappa shape index (κ1) is 11.9. The minimum atomic E-state index is 0.981. The second-order valence-corrected chi connectivity index (χ2v) is 4.11. The lowest BCUT2D eigenvalue weighted by molar-refractivity contribution is -0.730. The van der Waals surface area contributed by atoms with Crippen LogP contribution in [0.3, 0.4) is 0 Å². The van der Waals surface area contributed by atoms with Crippen molar-refractivity contribution in [2.75, 3.05) is 0 Å². The molecular formula is C13H20N4. The van der Waals surface area contributed by atoms with Crippen LogP contribution in [0.1, 0.15) is 20.3 Å². The Morgan fingerprint density at radius 1 is 0.882 bits per heavy atom. The standard InChI is InChI=1S/C13H20N4/c1-3-14-8-10-16(12-14)6-5-7-17-11-9-15(4-2)13-17/h8-11H,3-7H2,1-2H3. The molecule has 17 heavy (non-hydrogen) atoms. The van der Waals surface area contributed by atoms with Gasteiger partial charge in [-0.1, -0.05) is 0 Å². The van der Waals surface area contributed by atoms with Gasteiger partial charge in [0, 0.05) is 6.42 Å². The summed E-state index contributed by atoms with van der Waals surface area (Å²) in [6.07, 6.45) is 15.9. The van der Waals surface area contributed by atoms with Gasteiger partial charge in [-0.05, 0) is 38.6 Å². The van der Waals surface area contributed by atoms with E-state index in [-0.39, 0.29) is 0 Å². The van der Waals surface area contributed by atoms with Gasteiger partial charge in [0.25, 0.3) is 0 Å². The van der Waals surface area contributed by atoms with Crippen LogP contribution in [-0.2, 0) is 26.2 Å². The van der Waals surface area contributed by atoms with Crippen LogP contribution in [0.4, 0.5) is 0 Å². The van der Waals surface area contributed by atoms with Crippen LogP contribution >= 0.6 is 0 Å². The van der Waals surface area contributed by atoms with Crippen LogP contribution in [0.2, 0.25) is 0 Å². The van der Waals surface area contributed by atoms with Gasteiger partial charge in [0.15, 0.2) is 0 Å². The van der Waals surface area contributed by atoms with Crippen molar-refractivity contribution >= 4 is 0 Å². The topological polar surface area (TPSA) is 17.6 Å². The SMILES string of the molecule is CCn1[c-][n+](CCC[n+]2[c-]n(CC)cc2)cc1. The van der Waals surface area contributed by atoms with E-state index in [9.17, 15) is 0 Å². The predicted molar refractivity (Wildman–Crippen MR) is 62.9 cm³/mol. The summed E-state index contributed by atoms with van der Waals surface area (Å²) in [4.78, 5) is 0. The first-order valence-corrected chi connectivity index (χ1v) is 6.27. The zero-order valence-corrected chi connectivity index (χ0v) is 10.6. The van der Waals surface area contributed by atoms with Gasteiger partial charge in [-0.3, -0.25) is 0 Å². The molecule has 0 N–H and O–H groups in total. The van der Waals surface area contributed by atoms with E-state index in [1.807, 2.05) is 0 Å². The lowest BCUT2D eigenvalue weighted by Crippen LogP contribution is -2.37. The van der Waals surface area contributed by atoms with Gasteiger partial charge in [0.2, 0.25) is 12.7 Å². The Morgan fingerprint density at radius 3 is 1.71 bits per heavy atom. The molecule has 2 aromatic heterocycles. The Bertz CT molecular complexity index is 413. The molecule has 0 atom stereocenters. The fourth-order valence-electron chi connectivity index (χ4n) is 1.80. The summed E-state index contributed by atoms with van der Waals surface area (Å²) in [5.74, 6) is 0. The lowest BCUT2D eigenvalue weighted by atomic mass is 10.4. The number of hydrogen-bond donors (Lipinski definition) is 0. The van der Waals surface area contributed by atoms with Gasteiger partial charge in [-0.15, -0.1) is 0 Å². The second-order valence-electron chi connectivity index (χ2n) is 4.11. The summed E-state index contributed by atoms with van der Waals surface area (Å²) < 4.78 is 8.35. The molecule has 0 saturated carbocycles. The Kier molecular flexibility index (Phi) is 3.96. The third kappa shape index (κ3) is 3.19. The maximum Gasteiger partial charge on any atom is 0.203 e. The van der Waals surface area contributed by atoms with Gasteiger partial charge >= 0.3 is 0 Å². The molecule has 0 fully saturated rings. The highest BCUT2D eigenvalue weighted by atomic mass is 15.1. The highest BCUT2D eigenvalue weighted by molar-refractivity contribution is 4.64. The Balaban J connectivity index is 1.79. The molecule has 2 rings (SSSR count). The molecule has 0 bridgehead atoms. The van der Waals surface area contributed by atoms with Crippen molar-refractivity contribution < 1.29 is 9.13 Å². The average molecular weight is 232 g/mol. The lowest BCUT2D eigenvalue weighted by Gasteiger charge is -2.02. The summed E-state index contributed by atoms with van der Waals surface area (Å²) in [6, 6.07) is 0. The van der Waals surface area contributed by atoms with Crippen LogP contribution in [-0.4, -0.2) is 9.13 Å². The number of imidazole rings is 2. The molecule has 92 valence electrons. The molecule has 0 aromatic carbocycles. The van der Waals surface area contributed by atoms with Crippen LogP contribution < -0.4 is 9.13 Å². The van der Waals surface area contributed by atoms with E-state index in [4.69, 9.17) is 0 Å². The molecule has 2 aromatic rings. The van der Waals surface area contributed by atoms with Crippen molar-refractivity contribution in [1.82, 2.24) is 9.13 Å². The quantitative estimate of drug-likeness (QED) is 0.512. The van der Waals surface area contributed by atoms with Crippen LogP contribution in [0.5, 0.6) is 0 Å². The molecule has 2 heterocycles. The molecular weight excluding hydrogens is 212 g/mol. The molecule has 0 aliphatic carbocycles. The Morgan fingerprint density at radius 2 is 1.35 bits per heavy atom. The van der Waals surface area contributed by atoms with E-state index >= 15 is 0 Å². The largest absolute Gasteiger partial charge is 0.351 e. The average Bonchev–Trinajstić information content (AvgIpc) is 2.97. The molecule has 0 aliphatic heterocycles. The van der Waals surface area contributed by atoms with Crippen molar-refractivity contribution in [2.24, 2.45) is 0 Å². The van der Waals surface area contributed by atoms with Crippen molar-refractivity contribution in [2.45, 2.75) is 46.4 Å². The second kappa shape index (κ2) is 5.66. The normalized spacial score (nSPS) is 10.9. The number of hydrogen-bond acceptors (Lipinski definition) is 0. The Labute approximate surface area is 103 Å². The van der Waals surface area contributed by atoms with Gasteiger partial charge < -0.3 is 18.3 Å². The molecule has 0 amide bonds. The predicted octanol–water partition coefficient (Wildman–Crippen LogP) is 0.595. The van der Waals surface area contributed by atoms with Crippen molar-refractivity contribution in [3.8, 4) is 0 Å². The van der Waals surface area contributed by atoms with Crippen molar-refractivity contribution in [3.63, 3.8) is 0 Å². The molecule has 0 radical (unpaired) electrons. The third-order valence-corrected chi connectivity index (χ3v) is 2.85. The van der Waals surface area contributed by atoms with E-state index < -0.39 is 0 Å². The van der Waals surface area contributed by atoms with Gasteiger partial charge in [0.05, 0.1) is 26.2 Å². The molecule has 0 spiro atoms. The zero-order chi connectivity index (χ0) is 12.1. The fraction of sp³-hybridized carbons (Fsp3) is 0.538. The van der Waals surface area contributed by atoms with Crippen molar-refractivity contribution in [1.29, 1.82) is 0 Å². The number of nitrogens with zero attached hydrogens (tertiary/aromatic N) is 4. The Hall–Kier alpha value is -1.58. The fourth-order valence-corrected chi connectivity index (χ4v) is 1.80. The summed E-state index contributed by atoms with van der Waals surface area (Å²) in [5.41, 5.74) is 0. The number of rotatable bonds is 6. The third-order valence-electron chi connectivity index (χ3n) is 2.85. The monoisotopic (exact) mass is 232 g/mol. The summed E-state index contributed by atoms with van der Waals surface area (Å²) in [6.45, 7) is 8.22. The van der Waals surface area contributed by atoms with Gasteiger partial charge in [-0.25, -0.2) is 0 Å². The minimum absolute atomic E-state index is 0.981. The minimum Gasteiger partial charge on any atom is -0.351 e. The van der Waals surface area contributed by atoms with E-state index in [1.54, 1.807) is 0 Å². The number of aromatic nitrogens is 4. The highest BCUT2D eigenvalue weighted by Crippen LogP contribution is 1.87. The molecule has 0 aliphatic rings. The molecule has 4 heteroatoms. The maximum atomic E-state index is 3.27. The maximum absolute atomic E-state index is 3.27. The number of aryl methyl sites for hydroxylation is 4. The van der Waals surface area contributed by atoms with Crippen LogP contribution in [0, 0.1) is 12.7 Å². The molecule has 0 saturated heterocycles. The summed E-state index contributed by atoms with van der Waals surface area (Å²) >= 11 is 0. The van der Waals surface area contributed by atoms with E-state index in [1.165, 1.54) is 0 Å². The van der Waals surface area contributed by atoms with Gasteiger partial charge in [0.1, 0.15) is 0 Å². The van der Waals surface area contributed by atoms with E-state index in [0.29, 0.717) is 0 Å². The van der Waals surface area contributed by atoms with Crippen molar-refractivity contribution in [3.05, 3.63) is 37.4 Å². The summed E-state index contributed by atoms with van der Waals surface area (Å²) in [7, 11) is 0. The van der Waals surface area contributed by atoms with Crippen LogP contribution in [0.15, 0.2) is 24.8 Å². The van der Waals surface area contributed by atoms with Gasteiger partial charge in [-0.2, -0.15) is 0 Å². The van der Waals surface area contributed by atoms with E-state index in [0.717, 1.165) is 32.6 Å².